The summed E-state index contributed by atoms with van der Waals surface area (Å²) in [5, 5.41) is 12.4. The summed E-state index contributed by atoms with van der Waals surface area (Å²) in [6.45, 7) is 0.980. The molecule has 1 N–H and O–H groups in total. The van der Waals surface area contributed by atoms with Gasteiger partial charge in [0.25, 0.3) is 11.5 Å². The molecule has 0 aliphatic heterocycles. The standard InChI is InChI=1S/C25H21F2N3O3S/c1-2-14-30-23(32)21(15-18-10-6-7-11-20(18)33-25(26)27)34-24(30)19(16-28)22(31)29-13-12-17-8-4-3-5-9-17/h2-11,15,25H,1,12-14H2,(H,29,31)/b21-15-,24-19+. The lowest BCUT2D eigenvalue weighted by atomic mass is 10.1. The molecule has 6 nitrogen and oxygen atoms in total. The van der Waals surface area contributed by atoms with Crippen molar-refractivity contribution in [1.82, 2.24) is 9.88 Å². The second-order valence-electron chi connectivity index (χ2n) is 7.01. The molecule has 0 fully saturated rings. The Bertz CT molecular complexity index is 1390. The lowest BCUT2D eigenvalue weighted by Gasteiger charge is -2.06. The number of ether oxygens (including phenoxy) is 1. The Morgan fingerprint density at radius 1 is 1.21 bits per heavy atom. The minimum Gasteiger partial charge on any atom is -0.434 e. The van der Waals surface area contributed by atoms with Crippen LogP contribution in [0.2, 0.25) is 0 Å². The van der Waals surface area contributed by atoms with Crippen molar-refractivity contribution in [3.8, 4) is 11.8 Å². The maximum absolute atomic E-state index is 13.0. The Morgan fingerprint density at radius 2 is 1.91 bits per heavy atom. The summed E-state index contributed by atoms with van der Waals surface area (Å²) < 4.78 is 31.6. The molecule has 34 heavy (non-hydrogen) atoms. The predicted octanol–water partition coefficient (Wildman–Crippen LogP) is 2.56. The molecule has 0 atom stereocenters. The molecule has 1 heterocycles. The molecule has 2 aromatic carbocycles. The Hall–Kier alpha value is -4.03. The number of rotatable bonds is 9. The highest BCUT2D eigenvalue weighted by molar-refractivity contribution is 7.07. The number of alkyl halides is 2. The van der Waals surface area contributed by atoms with Crippen LogP contribution in [0.3, 0.4) is 0 Å². The zero-order valence-corrected chi connectivity index (χ0v) is 18.9. The maximum atomic E-state index is 13.0. The van der Waals surface area contributed by atoms with Crippen molar-refractivity contribution >= 4 is 28.9 Å². The summed E-state index contributed by atoms with van der Waals surface area (Å²) in [6.07, 6.45) is 3.45. The minimum atomic E-state index is -3.02. The van der Waals surface area contributed by atoms with E-state index in [0.29, 0.717) is 13.0 Å². The van der Waals surface area contributed by atoms with Gasteiger partial charge in [0.05, 0.1) is 4.53 Å². The van der Waals surface area contributed by atoms with Gasteiger partial charge in [0, 0.05) is 18.7 Å². The smallest absolute Gasteiger partial charge is 0.387 e. The van der Waals surface area contributed by atoms with Gasteiger partial charge in [0.15, 0.2) is 5.57 Å². The SMILES string of the molecule is C=CCn1c(=O)/c(=C/c2ccccc2OC(F)F)s/c1=C(\C#N)C(=O)NCCc1ccccc1. The van der Waals surface area contributed by atoms with Crippen LogP contribution in [0.25, 0.3) is 11.6 Å². The van der Waals surface area contributed by atoms with Crippen LogP contribution >= 0.6 is 11.3 Å². The van der Waals surface area contributed by atoms with Gasteiger partial charge < -0.3 is 10.1 Å². The van der Waals surface area contributed by atoms with Crippen molar-refractivity contribution in [3.05, 3.63) is 97.9 Å². The van der Waals surface area contributed by atoms with E-state index in [2.05, 4.69) is 16.6 Å². The van der Waals surface area contributed by atoms with Crippen LogP contribution in [-0.2, 0) is 17.8 Å². The number of nitriles is 1. The van der Waals surface area contributed by atoms with Crippen molar-refractivity contribution in [3.63, 3.8) is 0 Å². The largest absolute Gasteiger partial charge is 0.434 e. The van der Waals surface area contributed by atoms with E-state index in [1.165, 1.54) is 34.9 Å². The fourth-order valence-corrected chi connectivity index (χ4v) is 4.29. The quantitative estimate of drug-likeness (QED) is 0.476. The first-order chi connectivity index (χ1) is 16.4. The summed E-state index contributed by atoms with van der Waals surface area (Å²) >= 11 is 0.923. The molecule has 0 saturated carbocycles. The third kappa shape index (κ3) is 6.05. The van der Waals surface area contributed by atoms with Crippen LogP contribution in [0, 0.1) is 11.3 Å². The number of nitrogens with zero attached hydrogens (tertiary/aromatic N) is 2. The van der Waals surface area contributed by atoms with E-state index >= 15 is 0 Å². The highest BCUT2D eigenvalue weighted by Gasteiger charge is 2.16. The summed E-state index contributed by atoms with van der Waals surface area (Å²) in [5.74, 6) is -0.698. The summed E-state index contributed by atoms with van der Waals surface area (Å²) in [5.41, 5.74) is 0.609. The fraction of sp³-hybridized carbons (Fsp3) is 0.160. The number of para-hydroxylation sites is 1. The maximum Gasteiger partial charge on any atom is 0.387 e. The average Bonchev–Trinajstić information content (AvgIpc) is 3.11. The Morgan fingerprint density at radius 3 is 2.59 bits per heavy atom. The molecule has 174 valence electrons. The molecule has 9 heteroatoms. The van der Waals surface area contributed by atoms with E-state index < -0.39 is 18.1 Å². The number of hydrogen-bond acceptors (Lipinski definition) is 5. The Kier molecular flexibility index (Phi) is 8.48. The summed E-state index contributed by atoms with van der Waals surface area (Å²) in [6, 6.07) is 17.5. The van der Waals surface area contributed by atoms with Gasteiger partial charge >= 0.3 is 6.61 Å². The van der Waals surface area contributed by atoms with Crippen LogP contribution < -0.4 is 24.8 Å². The monoisotopic (exact) mass is 481 g/mol. The van der Waals surface area contributed by atoms with Crippen LogP contribution in [0.5, 0.6) is 5.75 Å². The van der Waals surface area contributed by atoms with Gasteiger partial charge in [0.1, 0.15) is 16.5 Å². The second kappa shape index (κ2) is 11.7. The number of halogens is 2. The van der Waals surface area contributed by atoms with E-state index in [1.807, 2.05) is 36.4 Å². The number of carbonyl (C=O) groups is 1. The first-order valence-corrected chi connectivity index (χ1v) is 11.1. The lowest BCUT2D eigenvalue weighted by molar-refractivity contribution is -0.115. The number of nitrogens with one attached hydrogen (secondary N) is 1. The average molecular weight is 482 g/mol. The van der Waals surface area contributed by atoms with Crippen LogP contribution in [0.15, 0.2) is 72.0 Å². The van der Waals surface area contributed by atoms with Crippen molar-refractivity contribution < 1.29 is 18.3 Å². The zero-order valence-electron chi connectivity index (χ0n) is 18.0. The Balaban J connectivity index is 2.02. The first kappa shape index (κ1) is 24.6. The molecular formula is C25H21F2N3O3S. The van der Waals surface area contributed by atoms with Crippen molar-refractivity contribution in [2.75, 3.05) is 6.54 Å². The molecule has 1 aromatic heterocycles. The summed E-state index contributed by atoms with van der Waals surface area (Å²) in [7, 11) is 0. The van der Waals surface area contributed by atoms with E-state index in [-0.39, 0.29) is 32.6 Å². The lowest BCUT2D eigenvalue weighted by Crippen LogP contribution is -2.35. The van der Waals surface area contributed by atoms with Gasteiger partial charge in [-0.25, -0.2) is 0 Å². The molecule has 3 aromatic rings. The number of amides is 1. The number of allylic oxidation sites excluding steroid dienone is 1. The van der Waals surface area contributed by atoms with Gasteiger partial charge in [-0.2, -0.15) is 14.0 Å². The first-order valence-electron chi connectivity index (χ1n) is 10.3. The van der Waals surface area contributed by atoms with E-state index in [9.17, 15) is 23.6 Å². The van der Waals surface area contributed by atoms with Crippen molar-refractivity contribution in [1.29, 1.82) is 5.26 Å². The van der Waals surface area contributed by atoms with E-state index in [4.69, 9.17) is 0 Å². The van der Waals surface area contributed by atoms with E-state index in [1.54, 1.807) is 6.07 Å². The number of hydrogen-bond donors (Lipinski definition) is 1. The molecule has 3 rings (SSSR count). The van der Waals surface area contributed by atoms with E-state index in [0.717, 1.165) is 16.9 Å². The van der Waals surface area contributed by atoms with Gasteiger partial charge in [-0.05, 0) is 24.1 Å². The zero-order chi connectivity index (χ0) is 24.5. The van der Waals surface area contributed by atoms with Crippen LogP contribution in [0.4, 0.5) is 8.78 Å². The molecule has 0 unspecified atom stereocenters. The molecule has 0 aliphatic rings. The van der Waals surface area contributed by atoms with Gasteiger partial charge in [0.2, 0.25) is 0 Å². The van der Waals surface area contributed by atoms with Gasteiger partial charge in [-0.1, -0.05) is 54.6 Å². The van der Waals surface area contributed by atoms with Crippen molar-refractivity contribution in [2.45, 2.75) is 19.6 Å². The van der Waals surface area contributed by atoms with Crippen molar-refractivity contribution in [2.24, 2.45) is 0 Å². The molecule has 0 aliphatic carbocycles. The van der Waals surface area contributed by atoms with Crippen LogP contribution in [0.1, 0.15) is 11.1 Å². The number of thiazole rings is 1. The predicted molar refractivity (Wildman–Crippen MR) is 127 cm³/mol. The third-order valence-corrected chi connectivity index (χ3v) is 5.87. The number of aromatic nitrogens is 1. The highest BCUT2D eigenvalue weighted by Crippen LogP contribution is 2.20. The number of carbonyl (C=O) groups excluding carboxylic acids is 1. The molecule has 0 saturated heterocycles. The molecular weight excluding hydrogens is 460 g/mol. The van der Waals surface area contributed by atoms with Gasteiger partial charge in [-0.15, -0.1) is 17.9 Å². The molecule has 0 spiro atoms. The summed E-state index contributed by atoms with van der Waals surface area (Å²) in [4.78, 5) is 25.8. The second-order valence-corrected chi connectivity index (χ2v) is 8.05. The fourth-order valence-electron chi connectivity index (χ4n) is 3.19. The molecule has 0 bridgehead atoms. The topological polar surface area (TPSA) is 84.1 Å². The molecule has 0 radical (unpaired) electrons. The molecule has 1 amide bonds. The number of benzene rings is 2. The highest BCUT2D eigenvalue weighted by atomic mass is 32.1. The normalized spacial score (nSPS) is 12.2. The van der Waals surface area contributed by atoms with Crippen LogP contribution in [-0.4, -0.2) is 23.6 Å². The third-order valence-electron chi connectivity index (χ3n) is 4.74. The Labute approximate surface area is 198 Å². The van der Waals surface area contributed by atoms with Gasteiger partial charge in [-0.3, -0.25) is 14.2 Å². The minimum absolute atomic E-state index is 0.0656.